The normalized spacial score (nSPS) is 11.3. The summed E-state index contributed by atoms with van der Waals surface area (Å²) in [6.45, 7) is 0. The second kappa shape index (κ2) is 10.5. The van der Waals surface area contributed by atoms with E-state index >= 15 is 0 Å². The number of halogens is 2. The monoisotopic (exact) mass is 468 g/mol. The summed E-state index contributed by atoms with van der Waals surface area (Å²) in [5.41, 5.74) is 7.66. The third kappa shape index (κ3) is 5.10. The van der Waals surface area contributed by atoms with Gasteiger partial charge in [-0.15, -0.1) is 24.8 Å². The number of nitrogens with zero attached hydrogens (tertiary/aromatic N) is 3. The summed E-state index contributed by atoms with van der Waals surface area (Å²) in [4.78, 5) is 39.4. The first-order chi connectivity index (χ1) is 13.7. The lowest BCUT2D eigenvalue weighted by molar-refractivity contribution is -0.142. The standard InChI is InChI=1S/C21H24N4O4.2ClH/c1-23(2)15-9-10-18-16(12-15)19(26)25(21(28)24(18)3)14-7-5-13(6-8-14)11-17(22)20(27)29-4;;/h5-10,12,17H,11,22H2,1-4H3;2*1H/t17-;;/m0../s1. The van der Waals surface area contributed by atoms with E-state index in [2.05, 4.69) is 4.74 Å². The SMILES string of the molecule is COC(=O)[C@@H](N)Cc1ccc(-n2c(=O)c3cc(N(C)C)ccc3n(C)c2=O)cc1.Cl.Cl. The van der Waals surface area contributed by atoms with Crippen molar-refractivity contribution in [1.29, 1.82) is 0 Å². The molecule has 3 aromatic rings. The van der Waals surface area contributed by atoms with Crippen LogP contribution in [-0.2, 0) is 23.0 Å². The molecule has 3 rings (SSSR count). The molecule has 2 aromatic carbocycles. The van der Waals surface area contributed by atoms with Crippen molar-refractivity contribution in [1.82, 2.24) is 9.13 Å². The smallest absolute Gasteiger partial charge is 0.335 e. The van der Waals surface area contributed by atoms with Gasteiger partial charge in [0.2, 0.25) is 0 Å². The largest absolute Gasteiger partial charge is 0.468 e. The summed E-state index contributed by atoms with van der Waals surface area (Å²) in [6.07, 6.45) is 0.295. The van der Waals surface area contributed by atoms with Crippen LogP contribution in [0.1, 0.15) is 5.56 Å². The van der Waals surface area contributed by atoms with Crippen molar-refractivity contribution >= 4 is 47.4 Å². The topological polar surface area (TPSA) is 99.6 Å². The van der Waals surface area contributed by atoms with Crippen molar-refractivity contribution in [3.63, 3.8) is 0 Å². The molecule has 10 heteroatoms. The number of ether oxygens (including phenoxy) is 1. The zero-order valence-electron chi connectivity index (χ0n) is 17.7. The third-order valence-electron chi connectivity index (χ3n) is 4.92. The number of methoxy groups -OCH3 is 1. The number of fused-ring (bicyclic) bond motifs is 1. The Morgan fingerprint density at radius 1 is 1.10 bits per heavy atom. The van der Waals surface area contributed by atoms with Crippen molar-refractivity contribution in [3.8, 4) is 5.69 Å². The van der Waals surface area contributed by atoms with E-state index in [0.717, 1.165) is 15.8 Å². The van der Waals surface area contributed by atoms with Gasteiger partial charge in [-0.25, -0.2) is 9.36 Å². The van der Waals surface area contributed by atoms with E-state index in [0.29, 0.717) is 23.0 Å². The van der Waals surface area contributed by atoms with Crippen LogP contribution >= 0.6 is 24.8 Å². The van der Waals surface area contributed by atoms with Gasteiger partial charge in [-0.2, -0.15) is 0 Å². The number of benzene rings is 2. The highest BCUT2D eigenvalue weighted by atomic mass is 35.5. The first-order valence-electron chi connectivity index (χ1n) is 9.10. The first kappa shape index (κ1) is 26.2. The average Bonchev–Trinajstić information content (AvgIpc) is 2.72. The van der Waals surface area contributed by atoms with Gasteiger partial charge in [0.05, 0.1) is 23.7 Å². The van der Waals surface area contributed by atoms with E-state index in [4.69, 9.17) is 5.73 Å². The van der Waals surface area contributed by atoms with Gasteiger partial charge < -0.3 is 15.4 Å². The summed E-state index contributed by atoms with van der Waals surface area (Å²) in [7, 11) is 6.70. The van der Waals surface area contributed by atoms with E-state index in [-0.39, 0.29) is 30.4 Å². The number of carbonyl (C=O) groups is 1. The van der Waals surface area contributed by atoms with Gasteiger partial charge in [-0.3, -0.25) is 14.2 Å². The van der Waals surface area contributed by atoms with Crippen LogP contribution in [0.2, 0.25) is 0 Å². The number of anilines is 1. The highest BCUT2D eigenvalue weighted by Crippen LogP contribution is 2.18. The average molecular weight is 469 g/mol. The summed E-state index contributed by atoms with van der Waals surface area (Å²) < 4.78 is 7.23. The minimum atomic E-state index is -0.772. The Labute approximate surface area is 192 Å². The van der Waals surface area contributed by atoms with Gasteiger partial charge in [-0.05, 0) is 42.3 Å². The second-order valence-electron chi connectivity index (χ2n) is 7.08. The van der Waals surface area contributed by atoms with Crippen LogP contribution in [0, 0.1) is 0 Å². The van der Waals surface area contributed by atoms with Crippen molar-refractivity contribution in [2.75, 3.05) is 26.1 Å². The van der Waals surface area contributed by atoms with Crippen molar-refractivity contribution in [2.45, 2.75) is 12.5 Å². The Morgan fingerprint density at radius 3 is 2.26 bits per heavy atom. The van der Waals surface area contributed by atoms with Gasteiger partial charge in [0.1, 0.15) is 6.04 Å². The fourth-order valence-corrected chi connectivity index (χ4v) is 3.22. The lowest BCUT2D eigenvalue weighted by Gasteiger charge is -2.15. The minimum absolute atomic E-state index is 0. The molecule has 0 fully saturated rings. The molecule has 0 bridgehead atoms. The molecule has 1 heterocycles. The molecule has 31 heavy (non-hydrogen) atoms. The van der Waals surface area contributed by atoms with E-state index in [1.165, 1.54) is 11.7 Å². The molecule has 0 amide bonds. The first-order valence-corrected chi connectivity index (χ1v) is 9.10. The Hall–Kier alpha value is -2.81. The molecule has 0 saturated carbocycles. The fourth-order valence-electron chi connectivity index (χ4n) is 3.22. The maximum Gasteiger partial charge on any atom is 0.335 e. The molecule has 0 saturated heterocycles. The van der Waals surface area contributed by atoms with Crippen LogP contribution < -0.4 is 21.9 Å². The number of nitrogens with two attached hydrogens (primary N) is 1. The Morgan fingerprint density at radius 2 is 1.71 bits per heavy atom. The van der Waals surface area contributed by atoms with Gasteiger partial charge in [0.25, 0.3) is 5.56 Å². The molecule has 0 aliphatic heterocycles. The molecule has 0 radical (unpaired) electrons. The number of hydrogen-bond donors (Lipinski definition) is 1. The minimum Gasteiger partial charge on any atom is -0.468 e. The second-order valence-corrected chi connectivity index (χ2v) is 7.08. The van der Waals surface area contributed by atoms with Crippen molar-refractivity contribution in [2.24, 2.45) is 12.8 Å². The molecule has 1 aromatic heterocycles. The van der Waals surface area contributed by atoms with Crippen LogP contribution in [0.15, 0.2) is 52.1 Å². The number of esters is 1. The van der Waals surface area contributed by atoms with Gasteiger partial charge >= 0.3 is 11.7 Å². The van der Waals surface area contributed by atoms with E-state index in [9.17, 15) is 14.4 Å². The Kier molecular flexibility index (Phi) is 8.86. The summed E-state index contributed by atoms with van der Waals surface area (Å²) in [5.74, 6) is -0.495. The van der Waals surface area contributed by atoms with Crippen LogP contribution in [0.4, 0.5) is 5.69 Å². The number of rotatable bonds is 5. The predicted octanol–water partition coefficient (Wildman–Crippen LogP) is 1.64. The van der Waals surface area contributed by atoms with Crippen LogP contribution in [0.5, 0.6) is 0 Å². The van der Waals surface area contributed by atoms with Gasteiger partial charge in [0, 0.05) is 26.8 Å². The molecule has 2 N–H and O–H groups in total. The van der Waals surface area contributed by atoms with E-state index < -0.39 is 17.7 Å². The quantitative estimate of drug-likeness (QED) is 0.571. The number of aromatic nitrogens is 2. The molecule has 1 atom stereocenters. The van der Waals surface area contributed by atoms with Crippen LogP contribution in [0.3, 0.4) is 0 Å². The van der Waals surface area contributed by atoms with E-state index in [1.54, 1.807) is 43.4 Å². The molecule has 0 aliphatic rings. The molecule has 0 unspecified atom stereocenters. The molecular weight excluding hydrogens is 443 g/mol. The Bertz CT molecular complexity index is 1190. The van der Waals surface area contributed by atoms with Crippen molar-refractivity contribution in [3.05, 3.63) is 68.9 Å². The highest BCUT2D eigenvalue weighted by Gasteiger charge is 2.16. The van der Waals surface area contributed by atoms with Gasteiger partial charge in [0.15, 0.2) is 0 Å². The van der Waals surface area contributed by atoms with Gasteiger partial charge in [-0.1, -0.05) is 12.1 Å². The number of aryl methyl sites for hydroxylation is 1. The summed E-state index contributed by atoms with van der Waals surface area (Å²) >= 11 is 0. The van der Waals surface area contributed by atoms with Crippen LogP contribution in [-0.4, -0.2) is 42.4 Å². The lowest BCUT2D eigenvalue weighted by Crippen LogP contribution is -2.38. The highest BCUT2D eigenvalue weighted by molar-refractivity contribution is 5.85. The number of hydrogen-bond acceptors (Lipinski definition) is 6. The molecular formula is C21H26Cl2N4O4. The zero-order chi connectivity index (χ0) is 21.3. The lowest BCUT2D eigenvalue weighted by atomic mass is 10.1. The fraction of sp³-hybridized carbons (Fsp3) is 0.286. The predicted molar refractivity (Wildman–Crippen MR) is 127 cm³/mol. The van der Waals surface area contributed by atoms with Crippen molar-refractivity contribution < 1.29 is 9.53 Å². The molecule has 8 nitrogen and oxygen atoms in total. The maximum atomic E-state index is 13.1. The zero-order valence-corrected chi connectivity index (χ0v) is 19.3. The molecule has 0 aliphatic carbocycles. The molecule has 168 valence electrons. The molecule has 0 spiro atoms. The maximum absolute atomic E-state index is 13.1. The Balaban J connectivity index is 0.00000240. The van der Waals surface area contributed by atoms with Crippen LogP contribution in [0.25, 0.3) is 16.6 Å². The number of carbonyl (C=O) groups excluding carboxylic acids is 1. The van der Waals surface area contributed by atoms with E-state index in [1.807, 2.05) is 25.1 Å². The summed E-state index contributed by atoms with van der Waals surface area (Å²) in [5, 5.41) is 0.454. The third-order valence-corrected chi connectivity index (χ3v) is 4.92. The summed E-state index contributed by atoms with van der Waals surface area (Å²) in [6, 6.07) is 11.5.